The maximum atomic E-state index is 12.6. The highest BCUT2D eigenvalue weighted by atomic mass is 32.1. The molecule has 0 radical (unpaired) electrons. The highest BCUT2D eigenvalue weighted by molar-refractivity contribution is 7.16. The number of hydrogen-bond donors (Lipinski definition) is 1. The van der Waals surface area contributed by atoms with Crippen molar-refractivity contribution in [2.45, 2.75) is 12.8 Å². The summed E-state index contributed by atoms with van der Waals surface area (Å²) in [6.45, 7) is 2.70. The first kappa shape index (κ1) is 18.4. The number of nitrogens with zero attached hydrogens (tertiary/aromatic N) is 5. The summed E-state index contributed by atoms with van der Waals surface area (Å²) >= 11 is 1.45. The van der Waals surface area contributed by atoms with Gasteiger partial charge in [-0.3, -0.25) is 4.79 Å². The first-order chi connectivity index (χ1) is 13.7. The molecule has 0 unspecified atom stereocenters. The SMILES string of the molecule is COc1ccccc1CCC(=O)N1CCN(c2nc(N)nc3scnc23)CC1. The van der Waals surface area contributed by atoms with E-state index in [1.54, 1.807) is 12.6 Å². The van der Waals surface area contributed by atoms with Gasteiger partial charge in [-0.25, -0.2) is 9.97 Å². The molecule has 1 aliphatic heterocycles. The molecule has 3 aromatic rings. The van der Waals surface area contributed by atoms with Gasteiger partial charge in [-0.15, -0.1) is 11.3 Å². The molecule has 1 saturated heterocycles. The molecule has 3 heterocycles. The summed E-state index contributed by atoms with van der Waals surface area (Å²) in [5.74, 6) is 1.99. The molecule has 28 heavy (non-hydrogen) atoms. The highest BCUT2D eigenvalue weighted by Crippen LogP contribution is 2.27. The number of piperazine rings is 1. The number of nitrogen functional groups attached to an aromatic ring is 1. The van der Waals surface area contributed by atoms with Crippen LogP contribution in [0.25, 0.3) is 10.3 Å². The number of para-hydroxylation sites is 1. The van der Waals surface area contributed by atoms with Crippen molar-refractivity contribution in [2.75, 3.05) is 43.9 Å². The zero-order valence-electron chi connectivity index (χ0n) is 15.7. The fourth-order valence-corrected chi connectivity index (χ4v) is 4.12. The molecule has 0 saturated carbocycles. The Morgan fingerprint density at radius 2 is 2.00 bits per heavy atom. The summed E-state index contributed by atoms with van der Waals surface area (Å²) < 4.78 is 5.37. The molecule has 0 bridgehead atoms. The van der Waals surface area contributed by atoms with E-state index in [-0.39, 0.29) is 11.9 Å². The van der Waals surface area contributed by atoms with E-state index in [0.29, 0.717) is 39.0 Å². The zero-order valence-corrected chi connectivity index (χ0v) is 16.5. The molecule has 1 fully saturated rings. The van der Waals surface area contributed by atoms with Crippen molar-refractivity contribution in [1.82, 2.24) is 19.9 Å². The second kappa shape index (κ2) is 7.97. The van der Waals surface area contributed by atoms with E-state index >= 15 is 0 Å². The van der Waals surface area contributed by atoms with Crippen molar-refractivity contribution >= 4 is 39.4 Å². The molecule has 146 valence electrons. The average Bonchev–Trinajstić information content (AvgIpc) is 3.20. The number of anilines is 2. The Morgan fingerprint density at radius 1 is 1.21 bits per heavy atom. The van der Waals surface area contributed by atoms with Crippen LogP contribution in [0.3, 0.4) is 0 Å². The molecule has 1 aromatic carbocycles. The van der Waals surface area contributed by atoms with Gasteiger partial charge in [0.05, 0.1) is 12.6 Å². The number of benzene rings is 1. The van der Waals surface area contributed by atoms with Gasteiger partial charge in [0.15, 0.2) is 10.6 Å². The maximum absolute atomic E-state index is 12.6. The van der Waals surface area contributed by atoms with Crippen molar-refractivity contribution in [2.24, 2.45) is 0 Å². The summed E-state index contributed by atoms with van der Waals surface area (Å²) in [5, 5.41) is 0. The van der Waals surface area contributed by atoms with Crippen LogP contribution in [0.15, 0.2) is 29.8 Å². The number of hydrogen-bond acceptors (Lipinski definition) is 8. The van der Waals surface area contributed by atoms with Crippen LogP contribution in [-0.2, 0) is 11.2 Å². The minimum Gasteiger partial charge on any atom is -0.496 e. The molecule has 1 amide bonds. The number of aromatic nitrogens is 3. The number of rotatable bonds is 5. The monoisotopic (exact) mass is 398 g/mol. The first-order valence-electron chi connectivity index (χ1n) is 9.17. The lowest BCUT2D eigenvalue weighted by molar-refractivity contribution is -0.131. The maximum Gasteiger partial charge on any atom is 0.223 e. The summed E-state index contributed by atoms with van der Waals surface area (Å²) in [7, 11) is 1.65. The van der Waals surface area contributed by atoms with Crippen LogP contribution in [0.4, 0.5) is 11.8 Å². The standard InChI is InChI=1S/C19H22N6O2S/c1-27-14-5-3-2-4-13(14)6-7-15(26)24-8-10-25(11-9-24)17-16-18(28-12-21-16)23-19(20)22-17/h2-5,12H,6-11H2,1H3,(H2,20,22,23). The lowest BCUT2D eigenvalue weighted by atomic mass is 10.1. The van der Waals surface area contributed by atoms with Gasteiger partial charge < -0.3 is 20.3 Å². The van der Waals surface area contributed by atoms with E-state index in [9.17, 15) is 4.79 Å². The second-order valence-corrected chi connectivity index (χ2v) is 7.42. The Kier molecular flexibility index (Phi) is 5.25. The number of carbonyl (C=O) groups excluding carboxylic acids is 1. The number of ether oxygens (including phenoxy) is 1. The predicted octanol–water partition coefficient (Wildman–Crippen LogP) is 1.96. The molecule has 2 N–H and O–H groups in total. The van der Waals surface area contributed by atoms with Crippen molar-refractivity contribution in [3.63, 3.8) is 0 Å². The number of methoxy groups -OCH3 is 1. The molecule has 0 spiro atoms. The smallest absolute Gasteiger partial charge is 0.223 e. The van der Waals surface area contributed by atoms with Crippen molar-refractivity contribution in [3.8, 4) is 5.75 Å². The van der Waals surface area contributed by atoms with E-state index in [2.05, 4.69) is 19.9 Å². The van der Waals surface area contributed by atoms with Crippen LogP contribution >= 0.6 is 11.3 Å². The number of nitrogens with two attached hydrogens (primary N) is 1. The van der Waals surface area contributed by atoms with Crippen LogP contribution in [0.2, 0.25) is 0 Å². The largest absolute Gasteiger partial charge is 0.496 e. The quantitative estimate of drug-likeness (QED) is 0.701. The zero-order chi connectivity index (χ0) is 19.5. The Hall–Kier alpha value is -2.94. The lowest BCUT2D eigenvalue weighted by Gasteiger charge is -2.35. The highest BCUT2D eigenvalue weighted by Gasteiger charge is 2.24. The van der Waals surface area contributed by atoms with Gasteiger partial charge in [0.1, 0.15) is 11.3 Å². The van der Waals surface area contributed by atoms with Crippen LogP contribution in [-0.4, -0.2) is 59.0 Å². The third-order valence-corrected chi connectivity index (χ3v) is 5.65. The average molecular weight is 398 g/mol. The number of carbonyl (C=O) groups is 1. The second-order valence-electron chi connectivity index (χ2n) is 6.59. The molecular weight excluding hydrogens is 376 g/mol. The lowest BCUT2D eigenvalue weighted by Crippen LogP contribution is -2.49. The Balaban J connectivity index is 1.37. The van der Waals surface area contributed by atoms with E-state index < -0.39 is 0 Å². The third kappa shape index (κ3) is 3.70. The molecule has 8 nitrogen and oxygen atoms in total. The normalized spacial score (nSPS) is 14.5. The number of fused-ring (bicyclic) bond motifs is 1. The van der Waals surface area contributed by atoms with Gasteiger partial charge in [0.2, 0.25) is 11.9 Å². The van der Waals surface area contributed by atoms with Crippen LogP contribution in [0.5, 0.6) is 5.75 Å². The van der Waals surface area contributed by atoms with Crippen molar-refractivity contribution < 1.29 is 9.53 Å². The fourth-order valence-electron chi connectivity index (χ4n) is 3.46. The molecule has 9 heteroatoms. The molecule has 0 atom stereocenters. The molecular formula is C19H22N6O2S. The third-order valence-electron chi connectivity index (χ3n) is 4.93. The van der Waals surface area contributed by atoms with Crippen LogP contribution in [0, 0.1) is 0 Å². The Labute approximate surface area is 167 Å². The van der Waals surface area contributed by atoms with Gasteiger partial charge >= 0.3 is 0 Å². The van der Waals surface area contributed by atoms with Crippen LogP contribution < -0.4 is 15.4 Å². The van der Waals surface area contributed by atoms with Gasteiger partial charge in [-0.1, -0.05) is 18.2 Å². The number of aryl methyl sites for hydroxylation is 1. The van der Waals surface area contributed by atoms with E-state index in [0.717, 1.165) is 27.5 Å². The Bertz CT molecular complexity index is 983. The minimum atomic E-state index is 0.159. The fraction of sp³-hybridized carbons (Fsp3) is 0.368. The molecule has 0 aliphatic carbocycles. The molecule has 1 aliphatic rings. The molecule has 2 aromatic heterocycles. The molecule has 4 rings (SSSR count). The minimum absolute atomic E-state index is 0.159. The van der Waals surface area contributed by atoms with E-state index in [1.165, 1.54) is 11.3 Å². The topological polar surface area (TPSA) is 97.5 Å². The Morgan fingerprint density at radius 3 is 2.79 bits per heavy atom. The summed E-state index contributed by atoms with van der Waals surface area (Å²) in [5.41, 5.74) is 9.42. The summed E-state index contributed by atoms with van der Waals surface area (Å²) in [6.07, 6.45) is 1.14. The van der Waals surface area contributed by atoms with E-state index in [4.69, 9.17) is 10.5 Å². The summed E-state index contributed by atoms with van der Waals surface area (Å²) in [6, 6.07) is 7.82. The number of thiazole rings is 1. The number of amides is 1. The van der Waals surface area contributed by atoms with Gasteiger partial charge in [0.25, 0.3) is 0 Å². The summed E-state index contributed by atoms with van der Waals surface area (Å²) in [4.78, 5) is 30.5. The van der Waals surface area contributed by atoms with Crippen molar-refractivity contribution in [1.29, 1.82) is 0 Å². The van der Waals surface area contributed by atoms with Gasteiger partial charge in [0, 0.05) is 32.6 Å². The van der Waals surface area contributed by atoms with Gasteiger partial charge in [-0.05, 0) is 18.1 Å². The van der Waals surface area contributed by atoms with Crippen molar-refractivity contribution in [3.05, 3.63) is 35.3 Å². The van der Waals surface area contributed by atoms with Crippen LogP contribution in [0.1, 0.15) is 12.0 Å². The van der Waals surface area contributed by atoms with E-state index in [1.807, 2.05) is 29.2 Å². The first-order valence-corrected chi connectivity index (χ1v) is 10.0. The predicted molar refractivity (Wildman–Crippen MR) is 110 cm³/mol. The van der Waals surface area contributed by atoms with Gasteiger partial charge in [-0.2, -0.15) is 4.98 Å².